The quantitative estimate of drug-likeness (QED) is 0.271. The number of allylic oxidation sites excluding steroid dienone is 1. The fourth-order valence-corrected chi connectivity index (χ4v) is 5.01. The van der Waals surface area contributed by atoms with E-state index in [1.165, 1.54) is 18.5 Å². The molecular formula is C29H26FN7O2. The molecule has 196 valence electrons. The smallest absolute Gasteiger partial charge is 0.264 e. The zero-order valence-electron chi connectivity index (χ0n) is 21.1. The largest absolute Gasteiger partial charge is 0.457 e. The molecule has 1 amide bonds. The number of halogens is 1. The maximum absolute atomic E-state index is 13.5. The molecule has 1 saturated heterocycles. The summed E-state index contributed by atoms with van der Waals surface area (Å²) in [7, 11) is 0. The average molecular weight is 524 g/mol. The van der Waals surface area contributed by atoms with Crippen LogP contribution in [-0.2, 0) is 11.3 Å². The highest BCUT2D eigenvalue weighted by atomic mass is 19.1. The van der Waals surface area contributed by atoms with E-state index in [-0.39, 0.29) is 23.3 Å². The van der Waals surface area contributed by atoms with Gasteiger partial charge in [0.25, 0.3) is 5.91 Å². The molecule has 3 heterocycles. The summed E-state index contributed by atoms with van der Waals surface area (Å²) in [5.74, 6) is 1.00. The van der Waals surface area contributed by atoms with Crippen molar-refractivity contribution in [2.24, 2.45) is 5.92 Å². The molecule has 1 saturated carbocycles. The van der Waals surface area contributed by atoms with Crippen molar-refractivity contribution in [3.63, 3.8) is 0 Å². The minimum atomic E-state index is -0.373. The molecule has 39 heavy (non-hydrogen) atoms. The molecule has 1 atom stereocenters. The van der Waals surface area contributed by atoms with Crippen LogP contribution in [0.4, 0.5) is 10.2 Å². The average Bonchev–Trinajstić information content (AvgIpc) is 3.51. The second-order valence-corrected chi connectivity index (χ2v) is 9.90. The molecule has 2 fully saturated rings. The van der Waals surface area contributed by atoms with Crippen LogP contribution in [-0.4, -0.2) is 43.1 Å². The van der Waals surface area contributed by atoms with Crippen molar-refractivity contribution in [1.82, 2.24) is 24.6 Å². The number of ether oxygens (including phenoxy) is 1. The van der Waals surface area contributed by atoms with Gasteiger partial charge in [-0.05, 0) is 68.0 Å². The van der Waals surface area contributed by atoms with Crippen molar-refractivity contribution in [2.75, 3.05) is 12.3 Å². The number of anilines is 1. The number of amides is 1. The fourth-order valence-electron chi connectivity index (χ4n) is 5.01. The van der Waals surface area contributed by atoms with E-state index in [1.54, 1.807) is 33.8 Å². The number of nitrogens with zero attached hydrogens (tertiary/aromatic N) is 6. The molecule has 10 heteroatoms. The third-order valence-electron chi connectivity index (χ3n) is 7.12. The Morgan fingerprint density at radius 1 is 1.15 bits per heavy atom. The van der Waals surface area contributed by atoms with Crippen LogP contribution < -0.4 is 10.5 Å². The normalized spacial score (nSPS) is 17.4. The van der Waals surface area contributed by atoms with E-state index in [0.717, 1.165) is 31.2 Å². The van der Waals surface area contributed by atoms with Crippen LogP contribution in [0.2, 0.25) is 0 Å². The summed E-state index contributed by atoms with van der Waals surface area (Å²) in [6.07, 6.45) is 6.94. The van der Waals surface area contributed by atoms with E-state index in [4.69, 9.17) is 15.6 Å². The molecule has 9 nitrogen and oxygen atoms in total. The van der Waals surface area contributed by atoms with Gasteiger partial charge in [-0.15, -0.1) is 0 Å². The fraction of sp³-hybridized carbons (Fsp3) is 0.276. The molecule has 1 unspecified atom stereocenters. The number of hydrogen-bond donors (Lipinski definition) is 1. The molecule has 0 spiro atoms. The van der Waals surface area contributed by atoms with Crippen molar-refractivity contribution in [3.05, 3.63) is 72.3 Å². The van der Waals surface area contributed by atoms with Crippen LogP contribution in [0.25, 0.3) is 22.3 Å². The van der Waals surface area contributed by atoms with E-state index < -0.39 is 0 Å². The van der Waals surface area contributed by atoms with Crippen LogP contribution in [0.5, 0.6) is 11.5 Å². The topological polar surface area (TPSA) is 123 Å². The summed E-state index contributed by atoms with van der Waals surface area (Å²) < 4.78 is 21.1. The number of fused-ring (bicyclic) bond motifs is 1. The molecule has 1 aliphatic heterocycles. The molecule has 2 aliphatic rings. The summed E-state index contributed by atoms with van der Waals surface area (Å²) in [6, 6.07) is 15.2. The zero-order chi connectivity index (χ0) is 26.9. The summed E-state index contributed by atoms with van der Waals surface area (Å²) in [5.41, 5.74) is 8.47. The van der Waals surface area contributed by atoms with Crippen LogP contribution in [0.1, 0.15) is 25.7 Å². The first-order chi connectivity index (χ1) is 19.0. The first-order valence-electron chi connectivity index (χ1n) is 12.9. The number of aromatic nitrogens is 4. The highest BCUT2D eigenvalue weighted by Crippen LogP contribution is 2.34. The van der Waals surface area contributed by atoms with E-state index in [0.29, 0.717) is 53.1 Å². The molecular weight excluding hydrogens is 497 g/mol. The Morgan fingerprint density at radius 2 is 1.97 bits per heavy atom. The molecule has 0 radical (unpaired) electrons. The van der Waals surface area contributed by atoms with Crippen molar-refractivity contribution >= 4 is 22.8 Å². The number of rotatable bonds is 7. The van der Waals surface area contributed by atoms with Crippen molar-refractivity contribution in [2.45, 2.75) is 38.3 Å². The Morgan fingerprint density at radius 3 is 2.72 bits per heavy atom. The lowest BCUT2D eigenvalue weighted by atomic mass is 10.1. The van der Waals surface area contributed by atoms with Gasteiger partial charge >= 0.3 is 0 Å². The Kier molecular flexibility index (Phi) is 6.40. The molecule has 2 N–H and O–H groups in total. The molecule has 2 aromatic heterocycles. The van der Waals surface area contributed by atoms with Gasteiger partial charge in [0.05, 0.1) is 18.0 Å². The van der Waals surface area contributed by atoms with Crippen molar-refractivity contribution in [3.8, 4) is 28.8 Å². The molecule has 0 bridgehead atoms. The van der Waals surface area contributed by atoms with Gasteiger partial charge in [-0.2, -0.15) is 10.4 Å². The second-order valence-electron chi connectivity index (χ2n) is 9.90. The van der Waals surface area contributed by atoms with E-state index in [2.05, 4.69) is 16.0 Å². The number of nitrogens with two attached hydrogens (primary N) is 1. The first-order valence-corrected chi connectivity index (χ1v) is 12.9. The number of carbonyl (C=O) groups is 1. The van der Waals surface area contributed by atoms with Crippen LogP contribution in [0.15, 0.2) is 66.5 Å². The number of nitriles is 1. The first kappa shape index (κ1) is 24.6. The minimum absolute atomic E-state index is 0.123. The maximum Gasteiger partial charge on any atom is 0.264 e. The zero-order valence-corrected chi connectivity index (χ0v) is 21.1. The van der Waals surface area contributed by atoms with Crippen LogP contribution in [0, 0.1) is 23.1 Å². The number of carbonyl (C=O) groups excluding carboxylic acids is 1. The van der Waals surface area contributed by atoms with Gasteiger partial charge in [0.1, 0.15) is 46.8 Å². The van der Waals surface area contributed by atoms with Gasteiger partial charge in [0.15, 0.2) is 5.65 Å². The van der Waals surface area contributed by atoms with Gasteiger partial charge in [0, 0.05) is 18.2 Å². The molecule has 2 aromatic carbocycles. The SMILES string of the molecule is N#CC(=CC1CC1)C(=O)N1CCCC1Cn1nc(-c2ccc(Oc3cccc(F)c3)cc2)c2c(N)ncnc21. The lowest BCUT2D eigenvalue weighted by Crippen LogP contribution is -2.39. The molecule has 4 aromatic rings. The number of likely N-dealkylation sites (tertiary alicyclic amines) is 1. The van der Waals surface area contributed by atoms with Gasteiger partial charge in [0.2, 0.25) is 0 Å². The van der Waals surface area contributed by atoms with Gasteiger partial charge in [-0.25, -0.2) is 19.0 Å². The van der Waals surface area contributed by atoms with Crippen molar-refractivity contribution < 1.29 is 13.9 Å². The summed E-state index contributed by atoms with van der Waals surface area (Å²) in [6.45, 7) is 1.02. The predicted molar refractivity (Wildman–Crippen MR) is 143 cm³/mol. The van der Waals surface area contributed by atoms with Gasteiger partial charge in [-0.1, -0.05) is 12.1 Å². The van der Waals surface area contributed by atoms with E-state index in [1.807, 2.05) is 18.2 Å². The molecule has 1 aliphatic carbocycles. The number of nitrogen functional groups attached to an aromatic ring is 1. The van der Waals surface area contributed by atoms with Gasteiger partial charge in [-0.3, -0.25) is 4.79 Å². The molecule has 6 rings (SSSR count). The Bertz CT molecular complexity index is 1620. The maximum atomic E-state index is 13.5. The Balaban J connectivity index is 1.28. The van der Waals surface area contributed by atoms with Gasteiger partial charge < -0.3 is 15.4 Å². The predicted octanol–water partition coefficient (Wildman–Crippen LogP) is 4.86. The highest BCUT2D eigenvalue weighted by Gasteiger charge is 2.33. The van der Waals surface area contributed by atoms with E-state index >= 15 is 0 Å². The monoisotopic (exact) mass is 523 g/mol. The Hall–Kier alpha value is -4.78. The third kappa shape index (κ3) is 5.03. The minimum Gasteiger partial charge on any atom is -0.457 e. The summed E-state index contributed by atoms with van der Waals surface area (Å²) >= 11 is 0. The van der Waals surface area contributed by atoms with Crippen LogP contribution in [0.3, 0.4) is 0 Å². The second kappa shape index (κ2) is 10.2. The summed E-state index contributed by atoms with van der Waals surface area (Å²) in [5, 5.41) is 15.1. The third-order valence-corrected chi connectivity index (χ3v) is 7.12. The van der Waals surface area contributed by atoms with Crippen LogP contribution >= 0.6 is 0 Å². The highest BCUT2D eigenvalue weighted by molar-refractivity contribution is 5.99. The Labute approximate surface area is 224 Å². The van der Waals surface area contributed by atoms with Crippen molar-refractivity contribution in [1.29, 1.82) is 5.26 Å². The lowest BCUT2D eigenvalue weighted by molar-refractivity contribution is -0.127. The number of hydrogen-bond acceptors (Lipinski definition) is 7. The number of benzene rings is 2. The summed E-state index contributed by atoms with van der Waals surface area (Å²) in [4.78, 5) is 23.6. The lowest BCUT2D eigenvalue weighted by Gasteiger charge is -2.24. The standard InChI is InChI=1S/C29H26FN7O2/c30-21-3-1-5-24(14-21)39-23-10-8-19(9-11-23)26-25-27(32)33-17-34-28(25)37(35-26)16-22-4-2-12-36(22)29(38)20(15-31)13-18-6-7-18/h1,3,5,8-11,13-14,17-18,22H,2,4,6-7,12,16H2,(H2,32,33,34). The van der Waals surface area contributed by atoms with E-state index in [9.17, 15) is 14.4 Å².